The lowest BCUT2D eigenvalue weighted by Gasteiger charge is -2.33. The molecular formula is C26H37N3O4. The maximum Gasteiger partial charge on any atom is 0.250 e. The van der Waals surface area contributed by atoms with E-state index in [0.29, 0.717) is 37.4 Å². The van der Waals surface area contributed by atoms with Crippen molar-refractivity contribution in [3.05, 3.63) is 46.8 Å². The molecule has 0 spiro atoms. The van der Waals surface area contributed by atoms with Crippen molar-refractivity contribution in [2.75, 3.05) is 38.8 Å². The number of hydrogen-bond donors (Lipinski definition) is 2. The van der Waals surface area contributed by atoms with Gasteiger partial charge in [-0.1, -0.05) is 20.3 Å². The SMILES string of the molecule is CCCCOCC1(C)CC(=O)c2c(C)cn(-c3ccc(C(N)=O)c(NCCCOC)c3)c2C1. The molecule has 2 aromatic rings. The van der Waals surface area contributed by atoms with Crippen LogP contribution in [0.4, 0.5) is 5.69 Å². The highest BCUT2D eigenvalue weighted by atomic mass is 16.5. The van der Waals surface area contributed by atoms with Crippen molar-refractivity contribution >= 4 is 17.4 Å². The van der Waals surface area contributed by atoms with Crippen molar-refractivity contribution in [1.82, 2.24) is 4.57 Å². The van der Waals surface area contributed by atoms with Crippen molar-refractivity contribution in [2.45, 2.75) is 52.9 Å². The number of ketones is 1. The molecule has 0 saturated heterocycles. The summed E-state index contributed by atoms with van der Waals surface area (Å²) < 4.78 is 13.1. The number of fused-ring (bicyclic) bond motifs is 1. The fourth-order valence-corrected chi connectivity index (χ4v) is 4.56. The summed E-state index contributed by atoms with van der Waals surface area (Å²) in [6.07, 6.45) is 6.18. The van der Waals surface area contributed by atoms with E-state index in [1.165, 1.54) is 0 Å². The first kappa shape index (κ1) is 25.0. The molecule has 1 aromatic carbocycles. The Labute approximate surface area is 196 Å². The topological polar surface area (TPSA) is 95.6 Å². The van der Waals surface area contributed by atoms with Gasteiger partial charge in [0.15, 0.2) is 5.78 Å². The van der Waals surface area contributed by atoms with Gasteiger partial charge in [0, 0.05) is 67.5 Å². The van der Waals surface area contributed by atoms with Crippen molar-refractivity contribution in [3.8, 4) is 5.69 Å². The number of methoxy groups -OCH3 is 1. The van der Waals surface area contributed by atoms with Gasteiger partial charge < -0.3 is 25.1 Å². The van der Waals surface area contributed by atoms with Crippen molar-refractivity contribution in [3.63, 3.8) is 0 Å². The zero-order valence-electron chi connectivity index (χ0n) is 20.3. The number of hydrogen-bond acceptors (Lipinski definition) is 5. The van der Waals surface area contributed by atoms with E-state index in [1.807, 2.05) is 25.3 Å². The molecule has 1 unspecified atom stereocenters. The summed E-state index contributed by atoms with van der Waals surface area (Å²) in [5, 5.41) is 3.31. The molecule has 0 radical (unpaired) electrons. The quantitative estimate of drug-likeness (QED) is 0.466. The average Bonchev–Trinajstić information content (AvgIpc) is 3.10. The third-order valence-corrected chi connectivity index (χ3v) is 6.24. The zero-order chi connectivity index (χ0) is 24.0. The van der Waals surface area contributed by atoms with Crippen LogP contribution in [0.3, 0.4) is 0 Å². The number of aromatic nitrogens is 1. The maximum atomic E-state index is 13.1. The number of benzene rings is 1. The van der Waals surface area contributed by atoms with Gasteiger partial charge in [0.2, 0.25) is 0 Å². The van der Waals surface area contributed by atoms with Crippen LogP contribution in [0.2, 0.25) is 0 Å². The van der Waals surface area contributed by atoms with Crippen LogP contribution < -0.4 is 11.1 Å². The van der Waals surface area contributed by atoms with Gasteiger partial charge in [-0.15, -0.1) is 0 Å². The van der Waals surface area contributed by atoms with E-state index in [-0.39, 0.29) is 11.2 Å². The number of nitrogens with one attached hydrogen (secondary N) is 1. The minimum absolute atomic E-state index is 0.167. The summed E-state index contributed by atoms with van der Waals surface area (Å²) in [7, 11) is 1.66. The number of Topliss-reactive ketones (excluding diaryl/α,β-unsaturated/α-hetero) is 1. The Hall–Kier alpha value is -2.64. The van der Waals surface area contributed by atoms with Crippen LogP contribution in [-0.4, -0.2) is 49.7 Å². The number of nitrogens with zero attached hydrogens (tertiary/aromatic N) is 1. The van der Waals surface area contributed by atoms with Gasteiger partial charge in [-0.25, -0.2) is 0 Å². The summed E-state index contributed by atoms with van der Waals surface area (Å²) in [6.45, 7) is 8.83. The van der Waals surface area contributed by atoms with Gasteiger partial charge in [-0.3, -0.25) is 9.59 Å². The monoisotopic (exact) mass is 455 g/mol. The van der Waals surface area contributed by atoms with E-state index in [2.05, 4.69) is 23.7 Å². The Morgan fingerprint density at radius 2 is 2.03 bits per heavy atom. The molecule has 3 N–H and O–H groups in total. The van der Waals surface area contributed by atoms with Crippen molar-refractivity contribution in [1.29, 1.82) is 0 Å². The fourth-order valence-electron chi connectivity index (χ4n) is 4.56. The van der Waals surface area contributed by atoms with Gasteiger partial charge >= 0.3 is 0 Å². The van der Waals surface area contributed by atoms with E-state index in [1.54, 1.807) is 13.2 Å². The molecule has 7 nitrogen and oxygen atoms in total. The Kier molecular flexibility index (Phi) is 8.32. The Morgan fingerprint density at radius 3 is 2.73 bits per heavy atom. The third kappa shape index (κ3) is 5.84. The summed E-state index contributed by atoms with van der Waals surface area (Å²) >= 11 is 0. The lowest BCUT2D eigenvalue weighted by Crippen LogP contribution is -2.35. The highest BCUT2D eigenvalue weighted by molar-refractivity contribution is 6.01. The van der Waals surface area contributed by atoms with Crippen LogP contribution in [0.15, 0.2) is 24.4 Å². The van der Waals surface area contributed by atoms with Crippen LogP contribution >= 0.6 is 0 Å². The second kappa shape index (κ2) is 11.0. The van der Waals surface area contributed by atoms with E-state index >= 15 is 0 Å². The summed E-state index contributed by atoms with van der Waals surface area (Å²) in [5.41, 5.74) is 10.2. The minimum Gasteiger partial charge on any atom is -0.385 e. The van der Waals surface area contributed by atoms with Gasteiger partial charge in [0.05, 0.1) is 12.2 Å². The first-order valence-corrected chi connectivity index (χ1v) is 11.8. The lowest BCUT2D eigenvalue weighted by atomic mass is 9.74. The number of anilines is 1. The highest BCUT2D eigenvalue weighted by Gasteiger charge is 2.38. The first-order chi connectivity index (χ1) is 15.8. The Bertz CT molecular complexity index is 998. The number of unbranched alkanes of at least 4 members (excludes halogenated alkanes) is 1. The normalized spacial score (nSPS) is 17.8. The minimum atomic E-state index is -0.478. The smallest absolute Gasteiger partial charge is 0.250 e. The van der Waals surface area contributed by atoms with Crippen molar-refractivity contribution < 1.29 is 19.1 Å². The van der Waals surface area contributed by atoms with Gasteiger partial charge in [0.1, 0.15) is 0 Å². The molecule has 33 heavy (non-hydrogen) atoms. The molecule has 1 aliphatic carbocycles. The standard InChI is InChI=1S/C26H37N3O4/c1-5-6-12-33-17-26(3)14-22-24(23(30)15-26)18(2)16-29(22)19-8-9-20(25(27)31)21(13-19)28-10-7-11-32-4/h8-9,13,16,28H,5-7,10-12,14-15,17H2,1-4H3,(H2,27,31). The average molecular weight is 456 g/mol. The molecule has 3 rings (SSSR count). The Morgan fingerprint density at radius 1 is 1.24 bits per heavy atom. The largest absolute Gasteiger partial charge is 0.385 e. The molecule has 1 aliphatic rings. The third-order valence-electron chi connectivity index (χ3n) is 6.24. The number of amides is 1. The molecule has 180 valence electrons. The first-order valence-electron chi connectivity index (χ1n) is 11.8. The van der Waals surface area contributed by atoms with Crippen LogP contribution in [-0.2, 0) is 15.9 Å². The number of carbonyl (C=O) groups excluding carboxylic acids is 2. The summed E-state index contributed by atoms with van der Waals surface area (Å²) in [6, 6.07) is 5.56. The molecule has 0 bridgehead atoms. The van der Waals surface area contributed by atoms with Gasteiger partial charge in [-0.2, -0.15) is 0 Å². The Balaban J connectivity index is 1.92. The molecular weight excluding hydrogens is 418 g/mol. The number of primary amides is 1. The van der Waals surface area contributed by atoms with E-state index in [0.717, 1.165) is 54.8 Å². The van der Waals surface area contributed by atoms with E-state index in [4.69, 9.17) is 15.2 Å². The van der Waals surface area contributed by atoms with E-state index < -0.39 is 5.91 Å². The van der Waals surface area contributed by atoms with Crippen molar-refractivity contribution in [2.24, 2.45) is 11.1 Å². The van der Waals surface area contributed by atoms with Crippen LogP contribution in [0.5, 0.6) is 0 Å². The van der Waals surface area contributed by atoms with Crippen LogP contribution in [0, 0.1) is 12.3 Å². The number of ether oxygens (including phenoxy) is 2. The van der Waals surface area contributed by atoms with Crippen LogP contribution in [0.1, 0.15) is 71.5 Å². The molecule has 1 aromatic heterocycles. The predicted octanol–water partition coefficient (Wildman–Crippen LogP) is 4.28. The summed E-state index contributed by atoms with van der Waals surface area (Å²) in [4.78, 5) is 25.1. The van der Waals surface area contributed by atoms with Crippen LogP contribution in [0.25, 0.3) is 5.69 Å². The fraction of sp³-hybridized carbons (Fsp3) is 0.538. The molecule has 0 fully saturated rings. The zero-order valence-corrected chi connectivity index (χ0v) is 20.3. The molecule has 0 saturated carbocycles. The van der Waals surface area contributed by atoms with Gasteiger partial charge in [-0.05, 0) is 49.9 Å². The second-order valence-electron chi connectivity index (χ2n) is 9.36. The molecule has 7 heteroatoms. The number of carbonyl (C=O) groups is 2. The molecule has 1 heterocycles. The number of aryl methyl sites for hydroxylation is 1. The van der Waals surface area contributed by atoms with E-state index in [9.17, 15) is 9.59 Å². The maximum absolute atomic E-state index is 13.1. The molecule has 1 atom stereocenters. The predicted molar refractivity (Wildman–Crippen MR) is 130 cm³/mol. The number of nitrogens with two attached hydrogens (primary N) is 1. The molecule has 1 amide bonds. The number of rotatable bonds is 12. The van der Waals surface area contributed by atoms with Gasteiger partial charge in [0.25, 0.3) is 5.91 Å². The summed E-state index contributed by atoms with van der Waals surface area (Å²) in [5.74, 6) is -0.311. The lowest BCUT2D eigenvalue weighted by molar-refractivity contribution is 0.0398. The molecule has 0 aliphatic heterocycles. The highest BCUT2D eigenvalue weighted by Crippen LogP contribution is 2.39. The second-order valence-corrected chi connectivity index (χ2v) is 9.36.